The van der Waals surface area contributed by atoms with Gasteiger partial charge in [0.15, 0.2) is 5.06 Å². The minimum atomic E-state index is 0.186. The number of benzene rings is 1. The Hall–Kier alpha value is -2.25. The fraction of sp³-hybridized carbons (Fsp3) is 0.607. The summed E-state index contributed by atoms with van der Waals surface area (Å²) in [6.45, 7) is 13.6. The van der Waals surface area contributed by atoms with Crippen LogP contribution in [0.2, 0.25) is 0 Å². The van der Waals surface area contributed by atoms with Gasteiger partial charge < -0.3 is 24.3 Å². The molecule has 190 valence electrons. The van der Waals surface area contributed by atoms with Gasteiger partial charge in [-0.3, -0.25) is 0 Å². The van der Waals surface area contributed by atoms with Crippen LogP contribution in [0.1, 0.15) is 47.3 Å². The Balaban J connectivity index is 1.08. The van der Waals surface area contributed by atoms with Gasteiger partial charge >= 0.3 is 6.03 Å². The highest BCUT2D eigenvalue weighted by atomic mass is 32.1. The van der Waals surface area contributed by atoms with Crippen LogP contribution in [0.25, 0.3) is 0 Å². The van der Waals surface area contributed by atoms with Crippen LogP contribution in [0.3, 0.4) is 0 Å². The summed E-state index contributed by atoms with van der Waals surface area (Å²) < 4.78 is 6.10. The number of thiophene rings is 1. The zero-order valence-electron chi connectivity index (χ0n) is 21.4. The zero-order chi connectivity index (χ0) is 24.2. The van der Waals surface area contributed by atoms with Crippen molar-refractivity contribution in [2.24, 2.45) is 0 Å². The summed E-state index contributed by atoms with van der Waals surface area (Å²) in [7, 11) is 0. The van der Waals surface area contributed by atoms with E-state index >= 15 is 0 Å². The lowest BCUT2D eigenvalue weighted by atomic mass is 10.1. The van der Waals surface area contributed by atoms with E-state index in [-0.39, 0.29) is 6.03 Å². The quantitative estimate of drug-likeness (QED) is 0.532. The van der Waals surface area contributed by atoms with Crippen molar-refractivity contribution in [2.75, 3.05) is 63.9 Å². The van der Waals surface area contributed by atoms with E-state index < -0.39 is 0 Å². The van der Waals surface area contributed by atoms with Gasteiger partial charge in [0.05, 0.1) is 6.61 Å². The van der Waals surface area contributed by atoms with Crippen molar-refractivity contribution in [2.45, 2.75) is 52.5 Å². The Morgan fingerprint density at radius 2 is 1.71 bits per heavy atom. The molecule has 0 spiro atoms. The number of ether oxygens (including phenoxy) is 1. The molecule has 2 amide bonds. The largest absolute Gasteiger partial charge is 0.484 e. The smallest absolute Gasteiger partial charge is 0.320 e. The second-order valence-corrected chi connectivity index (χ2v) is 11.4. The molecule has 0 radical (unpaired) electrons. The summed E-state index contributed by atoms with van der Waals surface area (Å²) in [5, 5.41) is 1.02. The van der Waals surface area contributed by atoms with Gasteiger partial charge in [0, 0.05) is 56.4 Å². The van der Waals surface area contributed by atoms with Gasteiger partial charge in [-0.1, -0.05) is 12.5 Å². The van der Waals surface area contributed by atoms with Gasteiger partial charge in [-0.15, -0.1) is 11.3 Å². The fourth-order valence-corrected chi connectivity index (χ4v) is 6.50. The molecule has 3 aliphatic heterocycles. The molecule has 4 heterocycles. The number of urea groups is 1. The van der Waals surface area contributed by atoms with Crippen molar-refractivity contribution in [3.63, 3.8) is 0 Å². The molecule has 0 atom stereocenters. The molecular weight excluding hydrogens is 456 g/mol. The second-order valence-electron chi connectivity index (χ2n) is 10.3. The summed E-state index contributed by atoms with van der Waals surface area (Å²) in [6.07, 6.45) is 6.09. The van der Waals surface area contributed by atoms with E-state index in [1.807, 2.05) is 9.80 Å². The minimum Gasteiger partial charge on any atom is -0.484 e. The number of fused-ring (bicyclic) bond motifs is 1. The summed E-state index contributed by atoms with van der Waals surface area (Å²) in [4.78, 5) is 23.7. The molecule has 7 heteroatoms. The molecular formula is C28H40N4O2S. The molecule has 0 bridgehead atoms. The summed E-state index contributed by atoms with van der Waals surface area (Å²) in [5.74, 6) is 0. The third-order valence-corrected chi connectivity index (χ3v) is 8.98. The standard InChI is InChI=1S/C28H40N4O2S/c1-22-7-8-25(19-23(22)2)30-14-16-31(17-15-30)28(33)32-13-9-26-24(21-32)20-27(35-26)34-18-6-12-29-10-4-3-5-11-29/h7-8,19-20H,3-6,9-18,21H2,1-2H3. The van der Waals surface area contributed by atoms with Crippen LogP contribution in [0, 0.1) is 13.8 Å². The van der Waals surface area contributed by atoms with Gasteiger partial charge in [0.2, 0.25) is 0 Å². The van der Waals surface area contributed by atoms with Crippen molar-refractivity contribution in [1.29, 1.82) is 0 Å². The summed E-state index contributed by atoms with van der Waals surface area (Å²) >= 11 is 1.78. The van der Waals surface area contributed by atoms with E-state index in [0.29, 0.717) is 6.54 Å². The number of piperidine rings is 1. The molecule has 0 aliphatic carbocycles. The topological polar surface area (TPSA) is 39.3 Å². The Morgan fingerprint density at radius 1 is 0.914 bits per heavy atom. The van der Waals surface area contributed by atoms with E-state index in [2.05, 4.69) is 47.9 Å². The summed E-state index contributed by atoms with van der Waals surface area (Å²) in [5.41, 5.74) is 5.19. The van der Waals surface area contributed by atoms with Crippen LogP contribution in [-0.2, 0) is 13.0 Å². The van der Waals surface area contributed by atoms with Gasteiger partial charge in [0.1, 0.15) is 0 Å². The minimum absolute atomic E-state index is 0.186. The van der Waals surface area contributed by atoms with Crippen molar-refractivity contribution in [3.05, 3.63) is 45.8 Å². The first-order valence-corrected chi connectivity index (χ1v) is 14.2. The maximum Gasteiger partial charge on any atom is 0.320 e. The lowest BCUT2D eigenvalue weighted by molar-refractivity contribution is 0.145. The maximum absolute atomic E-state index is 13.3. The molecule has 35 heavy (non-hydrogen) atoms. The lowest BCUT2D eigenvalue weighted by Gasteiger charge is -2.39. The SMILES string of the molecule is Cc1ccc(N2CCN(C(=O)N3CCc4sc(OCCCN5CCCCC5)cc4C3)CC2)cc1C. The molecule has 1 aromatic carbocycles. The van der Waals surface area contributed by atoms with Gasteiger partial charge in [-0.05, 0) is 87.5 Å². The van der Waals surface area contributed by atoms with Gasteiger partial charge in [-0.2, -0.15) is 0 Å². The molecule has 2 aromatic rings. The number of carbonyl (C=O) groups is 1. The monoisotopic (exact) mass is 496 g/mol. The zero-order valence-corrected chi connectivity index (χ0v) is 22.2. The molecule has 3 aliphatic rings. The maximum atomic E-state index is 13.3. The van der Waals surface area contributed by atoms with Crippen molar-refractivity contribution < 1.29 is 9.53 Å². The van der Waals surface area contributed by atoms with Crippen molar-refractivity contribution in [3.8, 4) is 5.06 Å². The Kier molecular flexibility index (Phi) is 7.83. The van der Waals surface area contributed by atoms with Crippen LogP contribution in [-0.4, -0.2) is 79.7 Å². The number of anilines is 1. The van der Waals surface area contributed by atoms with Crippen molar-refractivity contribution >= 4 is 23.1 Å². The molecule has 5 rings (SSSR count). The second kappa shape index (κ2) is 11.2. The van der Waals surface area contributed by atoms with Crippen LogP contribution in [0.5, 0.6) is 5.06 Å². The van der Waals surface area contributed by atoms with Crippen LogP contribution in [0.15, 0.2) is 24.3 Å². The molecule has 1 aromatic heterocycles. The molecule has 0 saturated carbocycles. The first-order chi connectivity index (χ1) is 17.1. The number of hydrogen-bond acceptors (Lipinski definition) is 5. The predicted molar refractivity (Wildman–Crippen MR) is 144 cm³/mol. The number of nitrogens with zero attached hydrogens (tertiary/aromatic N) is 4. The number of hydrogen-bond donors (Lipinski definition) is 0. The summed E-state index contributed by atoms with van der Waals surface area (Å²) in [6, 6.07) is 9.03. The number of piperazine rings is 1. The van der Waals surface area contributed by atoms with E-state index in [1.165, 1.54) is 59.6 Å². The number of rotatable bonds is 6. The van der Waals surface area contributed by atoms with Crippen molar-refractivity contribution in [1.82, 2.24) is 14.7 Å². The average molecular weight is 497 g/mol. The lowest BCUT2D eigenvalue weighted by Crippen LogP contribution is -2.53. The van der Waals surface area contributed by atoms with Crippen LogP contribution < -0.4 is 9.64 Å². The molecule has 0 unspecified atom stereocenters. The first-order valence-electron chi connectivity index (χ1n) is 13.4. The molecule has 2 fully saturated rings. The molecule has 2 saturated heterocycles. The molecule has 0 N–H and O–H groups in total. The highest BCUT2D eigenvalue weighted by Crippen LogP contribution is 2.34. The third kappa shape index (κ3) is 5.95. The highest BCUT2D eigenvalue weighted by Gasteiger charge is 2.29. The third-order valence-electron chi connectivity index (χ3n) is 7.83. The average Bonchev–Trinajstić information content (AvgIpc) is 3.31. The number of amides is 2. The van der Waals surface area contributed by atoms with E-state index in [9.17, 15) is 4.79 Å². The number of carbonyl (C=O) groups excluding carboxylic acids is 1. The Morgan fingerprint density at radius 3 is 2.49 bits per heavy atom. The number of aryl methyl sites for hydroxylation is 2. The van der Waals surface area contributed by atoms with Gasteiger partial charge in [-0.25, -0.2) is 4.79 Å². The van der Waals surface area contributed by atoms with Crippen LogP contribution in [0.4, 0.5) is 10.5 Å². The highest BCUT2D eigenvalue weighted by molar-refractivity contribution is 7.14. The Labute approximate surface area is 214 Å². The Bertz CT molecular complexity index is 1010. The van der Waals surface area contributed by atoms with E-state index in [1.54, 1.807) is 11.3 Å². The number of likely N-dealkylation sites (tertiary alicyclic amines) is 1. The van der Waals surface area contributed by atoms with E-state index in [4.69, 9.17) is 4.74 Å². The normalized spacial score (nSPS) is 19.1. The fourth-order valence-electron chi connectivity index (χ4n) is 5.46. The van der Waals surface area contributed by atoms with E-state index in [0.717, 1.165) is 63.8 Å². The predicted octanol–water partition coefficient (Wildman–Crippen LogP) is 4.92. The van der Waals surface area contributed by atoms with Crippen LogP contribution >= 0.6 is 11.3 Å². The first kappa shape index (κ1) is 24.4. The molecule has 6 nitrogen and oxygen atoms in total. The van der Waals surface area contributed by atoms with Gasteiger partial charge in [0.25, 0.3) is 0 Å².